The number of rotatable bonds is 4. The lowest BCUT2D eigenvalue weighted by atomic mass is 9.81. The van der Waals surface area contributed by atoms with Crippen LogP contribution in [0.1, 0.15) is 49.9 Å². The normalized spacial score (nSPS) is 14.6. The summed E-state index contributed by atoms with van der Waals surface area (Å²) >= 11 is 0. The molecule has 244 valence electrons. The summed E-state index contributed by atoms with van der Waals surface area (Å²) in [4.78, 5) is 2.50. The van der Waals surface area contributed by atoms with E-state index < -0.39 is 0 Å². The van der Waals surface area contributed by atoms with Crippen LogP contribution in [0.4, 0.5) is 17.1 Å². The number of nitrogens with zero attached hydrogens (tertiary/aromatic N) is 1. The summed E-state index contributed by atoms with van der Waals surface area (Å²) in [6, 6.07) is 61.0. The molecule has 0 unspecified atom stereocenters. The predicted molar refractivity (Wildman–Crippen MR) is 217 cm³/mol. The van der Waals surface area contributed by atoms with Gasteiger partial charge in [-0.1, -0.05) is 161 Å². The van der Waals surface area contributed by atoms with E-state index in [0.29, 0.717) is 0 Å². The molecule has 1 heteroatoms. The van der Waals surface area contributed by atoms with Crippen LogP contribution in [0.5, 0.6) is 0 Å². The van der Waals surface area contributed by atoms with Crippen LogP contribution >= 0.6 is 0 Å². The Labute approximate surface area is 300 Å². The molecule has 1 nitrogen and oxygen atoms in total. The van der Waals surface area contributed by atoms with Crippen LogP contribution in [0.15, 0.2) is 164 Å². The second kappa shape index (κ2) is 10.8. The zero-order chi connectivity index (χ0) is 34.5. The van der Waals surface area contributed by atoms with E-state index in [2.05, 4.69) is 196 Å². The largest absolute Gasteiger partial charge is 0.310 e. The fourth-order valence-corrected chi connectivity index (χ4v) is 9.23. The highest BCUT2D eigenvalue weighted by molar-refractivity contribution is 6.05. The Bertz CT molecular complexity index is 2550. The maximum atomic E-state index is 2.50. The van der Waals surface area contributed by atoms with Crippen LogP contribution in [-0.4, -0.2) is 0 Å². The first-order chi connectivity index (χ1) is 24.8. The van der Waals surface area contributed by atoms with Gasteiger partial charge in [-0.25, -0.2) is 0 Å². The molecule has 2 aliphatic rings. The Kier molecular flexibility index (Phi) is 6.34. The summed E-state index contributed by atoms with van der Waals surface area (Å²) in [5, 5.41) is 5.23. The Morgan fingerprint density at radius 1 is 0.373 bits per heavy atom. The number of fused-ring (bicyclic) bond motifs is 10. The van der Waals surface area contributed by atoms with Crippen LogP contribution < -0.4 is 4.90 Å². The minimum absolute atomic E-state index is 0.141. The standard InChI is InChI=1S/C50H39N/c1-49(2)42-28-22-33-16-8-10-19-38(33)47(42)40-26-24-35(30-44(40)49)51(46-21-13-12-18-37(46)32-14-6-5-7-15-32)36-25-27-41-45(31-36)50(3,4)43-29-23-34-17-9-11-20-39(34)48(41)43/h5-31H,1-4H3. The van der Waals surface area contributed by atoms with Crippen LogP contribution in [0, 0.1) is 0 Å². The fraction of sp³-hybridized carbons (Fsp3) is 0.120. The molecule has 0 radical (unpaired) electrons. The van der Waals surface area contributed by atoms with Crippen molar-refractivity contribution < 1.29 is 0 Å². The minimum atomic E-state index is -0.141. The van der Waals surface area contributed by atoms with Gasteiger partial charge in [0, 0.05) is 27.8 Å². The van der Waals surface area contributed by atoms with Gasteiger partial charge in [0.15, 0.2) is 0 Å². The third-order valence-corrected chi connectivity index (χ3v) is 11.8. The van der Waals surface area contributed by atoms with Crippen molar-refractivity contribution in [3.05, 3.63) is 186 Å². The molecule has 0 aromatic heterocycles. The van der Waals surface area contributed by atoms with Gasteiger partial charge in [-0.05, 0) is 102 Å². The molecule has 8 aromatic carbocycles. The second-order valence-corrected chi connectivity index (χ2v) is 15.3. The molecule has 8 aromatic rings. The van der Waals surface area contributed by atoms with Crippen molar-refractivity contribution in [2.45, 2.75) is 38.5 Å². The van der Waals surface area contributed by atoms with Crippen molar-refractivity contribution in [3.8, 4) is 33.4 Å². The Hall–Kier alpha value is -5.92. The number of para-hydroxylation sites is 1. The molecule has 0 amide bonds. The summed E-state index contributed by atoms with van der Waals surface area (Å²) in [5.74, 6) is 0. The van der Waals surface area contributed by atoms with E-state index in [1.807, 2.05) is 0 Å². The first kappa shape index (κ1) is 29.9. The van der Waals surface area contributed by atoms with Crippen molar-refractivity contribution in [1.82, 2.24) is 0 Å². The molecule has 0 aliphatic heterocycles. The molecule has 0 fully saturated rings. The van der Waals surface area contributed by atoms with Crippen molar-refractivity contribution >= 4 is 38.6 Å². The third kappa shape index (κ3) is 4.28. The molecule has 0 atom stereocenters. The lowest BCUT2D eigenvalue weighted by Crippen LogP contribution is -2.18. The van der Waals surface area contributed by atoms with Crippen LogP contribution in [0.2, 0.25) is 0 Å². The highest BCUT2D eigenvalue weighted by atomic mass is 15.1. The second-order valence-electron chi connectivity index (χ2n) is 15.3. The van der Waals surface area contributed by atoms with E-state index in [9.17, 15) is 0 Å². The zero-order valence-corrected chi connectivity index (χ0v) is 29.5. The first-order valence-electron chi connectivity index (χ1n) is 18.1. The lowest BCUT2D eigenvalue weighted by molar-refractivity contribution is 0.660. The SMILES string of the molecule is CC1(C)c2cc(N(c3ccc4c(c3)C(C)(C)c3ccc5ccccc5c3-4)c3ccccc3-c3ccccc3)ccc2-c2c1ccc1ccccc21. The van der Waals surface area contributed by atoms with Crippen molar-refractivity contribution in [3.63, 3.8) is 0 Å². The monoisotopic (exact) mass is 653 g/mol. The fourth-order valence-electron chi connectivity index (χ4n) is 9.23. The van der Waals surface area contributed by atoms with E-state index in [0.717, 1.165) is 0 Å². The van der Waals surface area contributed by atoms with Gasteiger partial charge in [-0.3, -0.25) is 0 Å². The molecular weight excluding hydrogens is 615 g/mol. The van der Waals surface area contributed by atoms with E-state index in [4.69, 9.17) is 0 Å². The van der Waals surface area contributed by atoms with Gasteiger partial charge < -0.3 is 4.90 Å². The number of hydrogen-bond acceptors (Lipinski definition) is 1. The smallest absolute Gasteiger partial charge is 0.0540 e. The topological polar surface area (TPSA) is 3.24 Å². The summed E-state index contributed by atoms with van der Waals surface area (Å²) in [6.07, 6.45) is 0. The quantitative estimate of drug-likeness (QED) is 0.183. The van der Waals surface area contributed by atoms with Crippen molar-refractivity contribution in [2.75, 3.05) is 4.90 Å². The lowest BCUT2D eigenvalue weighted by Gasteiger charge is -2.31. The Morgan fingerprint density at radius 2 is 0.843 bits per heavy atom. The molecule has 0 saturated carbocycles. The summed E-state index contributed by atoms with van der Waals surface area (Å²) in [5.41, 5.74) is 16.6. The van der Waals surface area contributed by atoms with Crippen molar-refractivity contribution in [1.29, 1.82) is 0 Å². The van der Waals surface area contributed by atoms with Gasteiger partial charge in [-0.15, -0.1) is 0 Å². The number of benzene rings is 8. The molecular formula is C50H39N. The molecule has 2 aliphatic carbocycles. The maximum absolute atomic E-state index is 2.50. The molecule has 51 heavy (non-hydrogen) atoms. The predicted octanol–water partition coefficient (Wildman–Crippen LogP) is 13.7. The average molecular weight is 654 g/mol. The van der Waals surface area contributed by atoms with E-state index in [1.165, 1.54) is 94.2 Å². The van der Waals surface area contributed by atoms with Crippen LogP contribution in [0.3, 0.4) is 0 Å². The van der Waals surface area contributed by atoms with Crippen molar-refractivity contribution in [2.24, 2.45) is 0 Å². The molecule has 0 spiro atoms. The van der Waals surface area contributed by atoms with Crippen LogP contribution in [-0.2, 0) is 10.8 Å². The minimum Gasteiger partial charge on any atom is -0.310 e. The maximum Gasteiger partial charge on any atom is 0.0540 e. The molecule has 0 N–H and O–H groups in total. The average Bonchev–Trinajstić information content (AvgIpc) is 3.55. The first-order valence-corrected chi connectivity index (χ1v) is 18.1. The van der Waals surface area contributed by atoms with Gasteiger partial charge in [-0.2, -0.15) is 0 Å². The molecule has 0 bridgehead atoms. The van der Waals surface area contributed by atoms with Gasteiger partial charge >= 0.3 is 0 Å². The zero-order valence-electron chi connectivity index (χ0n) is 29.5. The molecule has 10 rings (SSSR count). The third-order valence-electron chi connectivity index (χ3n) is 11.8. The Morgan fingerprint density at radius 3 is 1.39 bits per heavy atom. The molecule has 0 saturated heterocycles. The van der Waals surface area contributed by atoms with E-state index in [-0.39, 0.29) is 10.8 Å². The summed E-state index contributed by atoms with van der Waals surface area (Å²) < 4.78 is 0. The summed E-state index contributed by atoms with van der Waals surface area (Å²) in [6.45, 7) is 9.55. The van der Waals surface area contributed by atoms with Gasteiger partial charge in [0.1, 0.15) is 0 Å². The highest BCUT2D eigenvalue weighted by Crippen LogP contribution is 2.55. The van der Waals surface area contributed by atoms with Gasteiger partial charge in [0.2, 0.25) is 0 Å². The Balaban J connectivity index is 1.21. The summed E-state index contributed by atoms with van der Waals surface area (Å²) in [7, 11) is 0. The number of anilines is 3. The van der Waals surface area contributed by atoms with E-state index in [1.54, 1.807) is 0 Å². The van der Waals surface area contributed by atoms with Gasteiger partial charge in [0.05, 0.1) is 5.69 Å². The van der Waals surface area contributed by atoms with Gasteiger partial charge in [0.25, 0.3) is 0 Å². The van der Waals surface area contributed by atoms with E-state index >= 15 is 0 Å². The number of hydrogen-bond donors (Lipinski definition) is 0. The molecule has 0 heterocycles. The van der Waals surface area contributed by atoms with Crippen LogP contribution in [0.25, 0.3) is 54.9 Å². The highest BCUT2D eigenvalue weighted by Gasteiger charge is 2.39.